The molecule has 0 bridgehead atoms. The van der Waals surface area contributed by atoms with Crippen molar-refractivity contribution in [3.05, 3.63) is 66.4 Å². The highest BCUT2D eigenvalue weighted by molar-refractivity contribution is 6.07. The smallest absolute Gasteiger partial charge is 0.256 e. The molecule has 4 aromatic rings. The van der Waals surface area contributed by atoms with E-state index in [-0.39, 0.29) is 5.91 Å². The summed E-state index contributed by atoms with van der Waals surface area (Å²) in [7, 11) is 0. The Kier molecular flexibility index (Phi) is 4.46. The minimum Gasteiger partial charge on any atom is -0.355 e. The van der Waals surface area contributed by atoms with Gasteiger partial charge in [-0.2, -0.15) is 5.10 Å². The van der Waals surface area contributed by atoms with Gasteiger partial charge in [-0.25, -0.2) is 4.68 Å². The van der Waals surface area contributed by atoms with Crippen LogP contribution >= 0.6 is 0 Å². The van der Waals surface area contributed by atoms with E-state index in [1.54, 1.807) is 29.1 Å². The third kappa shape index (κ3) is 3.46. The number of benzene rings is 2. The zero-order valence-electron chi connectivity index (χ0n) is 15.2. The number of carbonyl (C=O) groups is 1. The Hall–Kier alpha value is -3.41. The predicted molar refractivity (Wildman–Crippen MR) is 104 cm³/mol. The van der Waals surface area contributed by atoms with Crippen LogP contribution in [0.1, 0.15) is 24.2 Å². The topological polar surface area (TPSA) is 73.0 Å². The van der Waals surface area contributed by atoms with Gasteiger partial charge in [-0.1, -0.05) is 49.3 Å². The summed E-state index contributed by atoms with van der Waals surface area (Å²) in [4.78, 5) is 12.8. The van der Waals surface area contributed by atoms with Crippen molar-refractivity contribution in [2.24, 2.45) is 5.92 Å². The van der Waals surface area contributed by atoms with E-state index in [0.29, 0.717) is 23.1 Å². The summed E-state index contributed by atoms with van der Waals surface area (Å²) in [6.45, 7) is 4.96. The fourth-order valence-corrected chi connectivity index (χ4v) is 3.00. The molecule has 1 amide bonds. The standard InChI is InChI=1S/C21H20N4O2/c1-14(2)13-25-19(10-11-22-25)23-21(26)16-8-9-18-17(12-16)20(27-24-18)15-6-4-3-5-7-15/h3-12,14H,13H2,1-2H3,(H,23,26). The number of rotatable bonds is 5. The van der Waals surface area contributed by atoms with Crippen molar-refractivity contribution in [3.8, 4) is 11.3 Å². The third-order valence-corrected chi connectivity index (χ3v) is 4.27. The van der Waals surface area contributed by atoms with Gasteiger partial charge in [-0.3, -0.25) is 4.79 Å². The van der Waals surface area contributed by atoms with Crippen molar-refractivity contribution in [2.75, 3.05) is 5.32 Å². The van der Waals surface area contributed by atoms with Crippen LogP contribution in [-0.4, -0.2) is 20.8 Å². The second-order valence-corrected chi connectivity index (χ2v) is 6.86. The predicted octanol–water partition coefficient (Wildman–Crippen LogP) is 4.60. The Morgan fingerprint density at radius 3 is 2.74 bits per heavy atom. The van der Waals surface area contributed by atoms with Crippen LogP contribution in [0, 0.1) is 5.92 Å². The van der Waals surface area contributed by atoms with E-state index >= 15 is 0 Å². The van der Waals surface area contributed by atoms with Crippen LogP contribution in [0.2, 0.25) is 0 Å². The first kappa shape index (κ1) is 17.0. The van der Waals surface area contributed by atoms with Crippen LogP contribution < -0.4 is 5.32 Å². The van der Waals surface area contributed by atoms with Crippen LogP contribution in [0.3, 0.4) is 0 Å². The zero-order valence-corrected chi connectivity index (χ0v) is 15.2. The molecule has 136 valence electrons. The summed E-state index contributed by atoms with van der Waals surface area (Å²) in [5.74, 6) is 1.58. The van der Waals surface area contributed by atoms with E-state index in [1.807, 2.05) is 36.4 Å². The van der Waals surface area contributed by atoms with Gasteiger partial charge in [0.15, 0.2) is 5.76 Å². The molecule has 1 N–H and O–H groups in total. The molecule has 0 fully saturated rings. The number of hydrogen-bond donors (Lipinski definition) is 1. The SMILES string of the molecule is CC(C)Cn1nccc1NC(=O)c1ccc2noc(-c3ccccc3)c2c1. The lowest BCUT2D eigenvalue weighted by Crippen LogP contribution is -2.17. The molecule has 2 aromatic heterocycles. The lowest BCUT2D eigenvalue weighted by molar-refractivity contribution is 0.102. The van der Waals surface area contributed by atoms with Gasteiger partial charge in [0.05, 0.1) is 11.6 Å². The molecule has 2 heterocycles. The maximum atomic E-state index is 12.8. The molecule has 0 aliphatic heterocycles. The van der Waals surface area contributed by atoms with Gasteiger partial charge in [-0.15, -0.1) is 0 Å². The highest BCUT2D eigenvalue weighted by atomic mass is 16.5. The average Bonchev–Trinajstić information content (AvgIpc) is 3.28. The molecule has 2 aromatic carbocycles. The molecule has 6 heteroatoms. The van der Waals surface area contributed by atoms with Gasteiger partial charge in [0, 0.05) is 23.7 Å². The van der Waals surface area contributed by atoms with Crippen LogP contribution in [0.25, 0.3) is 22.2 Å². The van der Waals surface area contributed by atoms with E-state index in [0.717, 1.165) is 23.0 Å². The first-order valence-corrected chi connectivity index (χ1v) is 8.90. The molecule has 0 aliphatic carbocycles. The minimum absolute atomic E-state index is 0.192. The van der Waals surface area contributed by atoms with Crippen molar-refractivity contribution in [1.29, 1.82) is 0 Å². The van der Waals surface area contributed by atoms with Gasteiger partial charge in [0.2, 0.25) is 0 Å². The summed E-state index contributed by atoms with van der Waals surface area (Å²) < 4.78 is 7.31. The number of nitrogens with one attached hydrogen (secondary N) is 1. The van der Waals surface area contributed by atoms with Crippen molar-refractivity contribution in [3.63, 3.8) is 0 Å². The lowest BCUT2D eigenvalue weighted by atomic mass is 10.1. The summed E-state index contributed by atoms with van der Waals surface area (Å²) in [5, 5.41) is 12.1. The Labute approximate surface area is 156 Å². The highest BCUT2D eigenvalue weighted by Crippen LogP contribution is 2.29. The first-order valence-electron chi connectivity index (χ1n) is 8.90. The molecule has 0 unspecified atom stereocenters. The van der Waals surface area contributed by atoms with Crippen LogP contribution in [-0.2, 0) is 6.54 Å². The molecule has 4 rings (SSSR count). The van der Waals surface area contributed by atoms with Gasteiger partial charge in [-0.05, 0) is 24.1 Å². The largest absolute Gasteiger partial charge is 0.355 e. The van der Waals surface area contributed by atoms with Crippen molar-refractivity contribution in [2.45, 2.75) is 20.4 Å². The summed E-state index contributed by atoms with van der Waals surface area (Å²) in [6, 6.07) is 16.9. The molecule has 0 saturated carbocycles. The highest BCUT2D eigenvalue weighted by Gasteiger charge is 2.15. The Balaban J connectivity index is 1.64. The van der Waals surface area contributed by atoms with Crippen molar-refractivity contribution >= 4 is 22.6 Å². The van der Waals surface area contributed by atoms with E-state index in [4.69, 9.17) is 4.52 Å². The van der Waals surface area contributed by atoms with Gasteiger partial charge < -0.3 is 9.84 Å². The summed E-state index contributed by atoms with van der Waals surface area (Å²) >= 11 is 0. The molecular weight excluding hydrogens is 340 g/mol. The maximum absolute atomic E-state index is 12.8. The van der Waals surface area contributed by atoms with E-state index in [9.17, 15) is 4.79 Å². The second-order valence-electron chi connectivity index (χ2n) is 6.86. The monoisotopic (exact) mass is 360 g/mol. The molecule has 0 aliphatic rings. The Morgan fingerprint density at radius 1 is 1.15 bits per heavy atom. The number of nitrogens with zero attached hydrogens (tertiary/aromatic N) is 3. The number of carbonyl (C=O) groups excluding carboxylic acids is 1. The van der Waals surface area contributed by atoms with Gasteiger partial charge in [0.25, 0.3) is 5.91 Å². The molecule has 0 radical (unpaired) electrons. The van der Waals surface area contributed by atoms with Crippen LogP contribution in [0.15, 0.2) is 65.3 Å². The van der Waals surface area contributed by atoms with Gasteiger partial charge in [0.1, 0.15) is 11.3 Å². The second kappa shape index (κ2) is 7.07. The fraction of sp³-hybridized carbons (Fsp3) is 0.190. The molecule has 27 heavy (non-hydrogen) atoms. The van der Waals surface area contributed by atoms with E-state index < -0.39 is 0 Å². The summed E-state index contributed by atoms with van der Waals surface area (Å²) in [5.41, 5.74) is 2.18. The van der Waals surface area contributed by atoms with Crippen LogP contribution in [0.4, 0.5) is 5.82 Å². The van der Waals surface area contributed by atoms with Crippen molar-refractivity contribution < 1.29 is 9.32 Å². The number of fused-ring (bicyclic) bond motifs is 1. The van der Waals surface area contributed by atoms with E-state index in [2.05, 4.69) is 29.4 Å². The molecule has 0 spiro atoms. The van der Waals surface area contributed by atoms with Crippen molar-refractivity contribution in [1.82, 2.24) is 14.9 Å². The summed E-state index contributed by atoms with van der Waals surface area (Å²) in [6.07, 6.45) is 1.69. The Morgan fingerprint density at radius 2 is 1.96 bits per heavy atom. The maximum Gasteiger partial charge on any atom is 0.256 e. The minimum atomic E-state index is -0.192. The molecule has 0 saturated heterocycles. The number of anilines is 1. The number of hydrogen-bond acceptors (Lipinski definition) is 4. The lowest BCUT2D eigenvalue weighted by Gasteiger charge is -2.11. The van der Waals surface area contributed by atoms with Gasteiger partial charge >= 0.3 is 0 Å². The molecule has 0 atom stereocenters. The normalized spacial score (nSPS) is 11.2. The zero-order chi connectivity index (χ0) is 18.8. The molecular formula is C21H20N4O2. The average molecular weight is 360 g/mol. The molecule has 6 nitrogen and oxygen atoms in total. The Bertz CT molecular complexity index is 1080. The fourth-order valence-electron chi connectivity index (χ4n) is 3.00. The quantitative estimate of drug-likeness (QED) is 0.564. The van der Waals surface area contributed by atoms with Crippen LogP contribution in [0.5, 0.6) is 0 Å². The third-order valence-electron chi connectivity index (χ3n) is 4.27. The first-order chi connectivity index (χ1) is 13.1. The number of amides is 1. The van der Waals surface area contributed by atoms with E-state index in [1.165, 1.54) is 0 Å². The number of aromatic nitrogens is 3.